The molecule has 47 heavy (non-hydrogen) atoms. The van der Waals surface area contributed by atoms with E-state index in [4.69, 9.17) is 22.1 Å². The van der Waals surface area contributed by atoms with Crippen LogP contribution in [0.15, 0.2) is 66.2 Å². The van der Waals surface area contributed by atoms with Crippen LogP contribution in [0.2, 0.25) is 5.02 Å². The number of aliphatic imine (C=N–C) groups is 1. The quantitative estimate of drug-likeness (QED) is 0.125. The van der Waals surface area contributed by atoms with Gasteiger partial charge in [0.2, 0.25) is 0 Å². The van der Waals surface area contributed by atoms with Crippen molar-refractivity contribution in [2.75, 3.05) is 20.2 Å². The predicted octanol–water partition coefficient (Wildman–Crippen LogP) is 5.68. The van der Waals surface area contributed by atoms with E-state index in [-0.39, 0.29) is 22.4 Å². The van der Waals surface area contributed by atoms with Gasteiger partial charge in [-0.3, -0.25) is 24.7 Å². The van der Waals surface area contributed by atoms with Crippen LogP contribution >= 0.6 is 11.6 Å². The molecule has 0 aliphatic heterocycles. The fraction of sp³-hybridized carbons (Fsp3) is 0.310. The van der Waals surface area contributed by atoms with Crippen LogP contribution in [0.25, 0.3) is 22.5 Å². The van der Waals surface area contributed by atoms with E-state index in [2.05, 4.69) is 25.3 Å². The smallest absolute Gasteiger partial charge is 0.410 e. The number of ether oxygens (including phenoxy) is 1. The van der Waals surface area contributed by atoms with Crippen LogP contribution in [0.5, 0.6) is 0 Å². The number of hydrogen-bond donors (Lipinski definition) is 2. The van der Waals surface area contributed by atoms with Gasteiger partial charge in [-0.15, -0.1) is 0 Å². The number of nitrogens with one attached hydrogen (secondary N) is 1. The molecule has 1 fully saturated rings. The maximum absolute atomic E-state index is 14.1. The maximum Gasteiger partial charge on any atom is 0.410 e. The summed E-state index contributed by atoms with van der Waals surface area (Å²) in [5, 5.41) is 10.4. The zero-order chi connectivity index (χ0) is 33.9. The van der Waals surface area contributed by atoms with E-state index >= 15 is 0 Å². The Bertz CT molecular complexity index is 1740. The summed E-state index contributed by atoms with van der Waals surface area (Å²) in [6.45, 7) is -4.95. The predicted molar refractivity (Wildman–Crippen MR) is 159 cm³/mol. The first-order valence-electron chi connectivity index (χ1n) is 14.0. The van der Waals surface area contributed by atoms with Gasteiger partial charge in [0.15, 0.2) is 11.8 Å². The number of aromatic nitrogens is 5. The number of guanidine groups is 1. The van der Waals surface area contributed by atoms with Gasteiger partial charge in [-0.25, -0.2) is 14.5 Å². The van der Waals surface area contributed by atoms with Gasteiger partial charge >= 0.3 is 18.8 Å². The fourth-order valence-electron chi connectivity index (χ4n) is 4.79. The summed E-state index contributed by atoms with van der Waals surface area (Å²) < 4.78 is 71.8. The number of carbonyl (C=O) groups excluding carboxylic acids is 2. The SMILES string of the molecule is CN=C(N)N(C(=O)c1ccc(-c2cnn(C(F)F)c2)cc1)[C@H](COC(=O)N(CC(F)(F)F)C1CC1)c1ccc(Cl)c(-c2ncn[nH]2)c1. The van der Waals surface area contributed by atoms with Gasteiger partial charge in [-0.1, -0.05) is 29.8 Å². The second-order valence-corrected chi connectivity index (χ2v) is 10.9. The highest BCUT2D eigenvalue weighted by Gasteiger charge is 2.42. The molecule has 0 spiro atoms. The Morgan fingerprint density at radius 3 is 2.47 bits per heavy atom. The van der Waals surface area contributed by atoms with Crippen LogP contribution in [-0.4, -0.2) is 85.1 Å². The Hall–Kier alpha value is -5.06. The van der Waals surface area contributed by atoms with Crippen molar-refractivity contribution in [2.24, 2.45) is 10.7 Å². The third kappa shape index (κ3) is 7.85. The highest BCUT2D eigenvalue weighted by molar-refractivity contribution is 6.33. The highest BCUT2D eigenvalue weighted by atomic mass is 35.5. The van der Waals surface area contributed by atoms with Crippen molar-refractivity contribution in [1.29, 1.82) is 0 Å². The number of nitrogens with zero attached hydrogens (tertiary/aromatic N) is 7. The second-order valence-electron chi connectivity index (χ2n) is 10.5. The number of alkyl halides is 5. The molecular formula is C29H27ClF5N9O3. The molecule has 12 nitrogen and oxygen atoms in total. The number of carbonyl (C=O) groups is 2. The summed E-state index contributed by atoms with van der Waals surface area (Å²) >= 11 is 6.41. The minimum atomic E-state index is -4.66. The Labute approximate surface area is 269 Å². The van der Waals surface area contributed by atoms with E-state index < -0.39 is 50.0 Å². The molecule has 1 aliphatic carbocycles. The topological polar surface area (TPSA) is 148 Å². The Balaban J connectivity index is 1.50. The van der Waals surface area contributed by atoms with E-state index in [1.54, 1.807) is 6.07 Å². The first-order chi connectivity index (χ1) is 22.4. The molecule has 3 N–H and O–H groups in total. The van der Waals surface area contributed by atoms with Gasteiger partial charge in [0.05, 0.1) is 17.3 Å². The lowest BCUT2D eigenvalue weighted by molar-refractivity contribution is -0.143. The number of nitrogens with two attached hydrogens (primary N) is 1. The average molecular weight is 680 g/mol. The summed E-state index contributed by atoms with van der Waals surface area (Å²) in [5.74, 6) is -0.739. The largest absolute Gasteiger partial charge is 0.447 e. The third-order valence-electron chi connectivity index (χ3n) is 7.25. The molecule has 0 unspecified atom stereocenters. The van der Waals surface area contributed by atoms with Gasteiger partial charge in [0.1, 0.15) is 19.5 Å². The number of H-pyrrole nitrogens is 1. The molecule has 0 bridgehead atoms. The molecule has 18 heteroatoms. The zero-order valence-corrected chi connectivity index (χ0v) is 25.3. The van der Waals surface area contributed by atoms with Crippen molar-refractivity contribution in [2.45, 2.75) is 37.7 Å². The molecule has 1 saturated carbocycles. The van der Waals surface area contributed by atoms with Gasteiger partial charge < -0.3 is 10.5 Å². The van der Waals surface area contributed by atoms with Crippen molar-refractivity contribution in [3.8, 4) is 22.5 Å². The van der Waals surface area contributed by atoms with E-state index in [1.165, 1.54) is 56.0 Å². The van der Waals surface area contributed by atoms with Crippen molar-refractivity contribution >= 4 is 29.6 Å². The van der Waals surface area contributed by atoms with Crippen LogP contribution in [0.4, 0.5) is 26.7 Å². The molecule has 1 aliphatic rings. The molecule has 2 heterocycles. The van der Waals surface area contributed by atoms with E-state index in [9.17, 15) is 31.5 Å². The van der Waals surface area contributed by atoms with E-state index in [0.717, 1.165) is 11.1 Å². The number of amides is 2. The molecule has 5 rings (SSSR count). The lowest BCUT2D eigenvalue weighted by atomic mass is 10.0. The summed E-state index contributed by atoms with van der Waals surface area (Å²) in [6, 6.07) is 8.62. The minimum Gasteiger partial charge on any atom is -0.447 e. The molecule has 2 aromatic carbocycles. The van der Waals surface area contributed by atoms with Gasteiger partial charge in [-0.2, -0.15) is 32.1 Å². The normalized spacial score (nSPS) is 14.3. The van der Waals surface area contributed by atoms with Crippen molar-refractivity contribution < 1.29 is 36.3 Å². The molecule has 0 radical (unpaired) electrons. The second kappa shape index (κ2) is 13.7. The summed E-state index contributed by atoms with van der Waals surface area (Å²) in [4.78, 5) is 36.8. The van der Waals surface area contributed by atoms with Crippen molar-refractivity contribution in [3.05, 3.63) is 77.3 Å². The third-order valence-corrected chi connectivity index (χ3v) is 7.58. The Morgan fingerprint density at radius 1 is 1.17 bits per heavy atom. The number of aromatic amines is 1. The van der Waals surface area contributed by atoms with Crippen molar-refractivity contribution in [1.82, 2.24) is 34.8 Å². The summed E-state index contributed by atoms with van der Waals surface area (Å²) in [7, 11) is 1.32. The van der Waals surface area contributed by atoms with Crippen LogP contribution in [0.1, 0.15) is 41.4 Å². The zero-order valence-electron chi connectivity index (χ0n) is 24.5. The monoisotopic (exact) mass is 679 g/mol. The molecule has 4 aromatic rings. The first kappa shape index (κ1) is 33.3. The molecule has 2 aromatic heterocycles. The van der Waals surface area contributed by atoms with Gasteiger partial charge in [0, 0.05) is 36.0 Å². The van der Waals surface area contributed by atoms with Gasteiger partial charge in [0.25, 0.3) is 5.91 Å². The average Bonchev–Trinajstić information content (AvgIpc) is 3.50. The molecule has 1 atom stereocenters. The lowest BCUT2D eigenvalue weighted by Crippen LogP contribution is -2.47. The van der Waals surface area contributed by atoms with Crippen LogP contribution < -0.4 is 5.73 Å². The Kier molecular flexibility index (Phi) is 9.74. The van der Waals surface area contributed by atoms with E-state index in [1.807, 2.05) is 0 Å². The summed E-state index contributed by atoms with van der Waals surface area (Å²) in [5.41, 5.74) is 7.86. The fourth-order valence-corrected chi connectivity index (χ4v) is 5.00. The minimum absolute atomic E-state index is 0.0824. The number of halogens is 6. The van der Waals surface area contributed by atoms with Gasteiger partial charge in [-0.05, 0) is 48.2 Å². The van der Waals surface area contributed by atoms with Crippen LogP contribution in [-0.2, 0) is 4.74 Å². The van der Waals surface area contributed by atoms with Crippen LogP contribution in [0, 0.1) is 0 Å². The van der Waals surface area contributed by atoms with Crippen molar-refractivity contribution in [3.63, 3.8) is 0 Å². The standard InChI is InChI=1S/C29H27ClF5N9O3/c1-37-27(36)44(25(45)17-4-2-16(3-5-17)19-11-40-43(12-19)26(31)32)23(13-47-28(46)42(20-7-8-20)14-29(33,34)35)18-6-9-22(30)21(10-18)24-38-15-39-41-24/h2-6,9-12,15,20,23,26H,7-8,13-14H2,1H3,(H2,36,37)(H,38,39,41)/t23-/m1/s1. The molecular weight excluding hydrogens is 653 g/mol. The Morgan fingerprint density at radius 2 is 1.89 bits per heavy atom. The number of rotatable bonds is 10. The first-order valence-corrected chi connectivity index (χ1v) is 14.4. The van der Waals surface area contributed by atoms with Crippen LogP contribution in [0.3, 0.4) is 0 Å². The number of hydrogen-bond acceptors (Lipinski definition) is 7. The molecule has 2 amide bonds. The lowest BCUT2D eigenvalue weighted by Gasteiger charge is -2.32. The molecule has 248 valence electrons. The summed E-state index contributed by atoms with van der Waals surface area (Å²) in [6.07, 6.45) is -1.43. The number of benzene rings is 2. The molecule has 0 saturated heterocycles. The maximum atomic E-state index is 14.1. The van der Waals surface area contributed by atoms with E-state index in [0.29, 0.717) is 44.7 Å². The highest BCUT2D eigenvalue weighted by Crippen LogP contribution is 2.34.